The van der Waals surface area contributed by atoms with Crippen molar-refractivity contribution in [2.45, 2.75) is 0 Å². The highest BCUT2D eigenvalue weighted by molar-refractivity contribution is 6.04. The van der Waals surface area contributed by atoms with Gasteiger partial charge in [0.25, 0.3) is 5.91 Å². The fourth-order valence-electron chi connectivity index (χ4n) is 1.31. The van der Waals surface area contributed by atoms with Gasteiger partial charge in [0, 0.05) is 11.4 Å². The van der Waals surface area contributed by atoms with E-state index in [2.05, 4.69) is 15.5 Å². The summed E-state index contributed by atoms with van der Waals surface area (Å²) in [6.45, 7) is 0. The first-order valence-corrected chi connectivity index (χ1v) is 4.79. The molecule has 2 aromatic rings. The van der Waals surface area contributed by atoms with E-state index in [0.29, 0.717) is 11.3 Å². The van der Waals surface area contributed by atoms with Crippen molar-refractivity contribution in [1.29, 1.82) is 0 Å². The Labute approximate surface area is 96.5 Å². The molecule has 1 aromatic heterocycles. The molecular formula is C11H9FN4O. The van der Waals surface area contributed by atoms with Crippen LogP contribution in [0.3, 0.4) is 0 Å². The van der Waals surface area contributed by atoms with E-state index in [1.165, 1.54) is 36.7 Å². The molecule has 0 aliphatic heterocycles. The van der Waals surface area contributed by atoms with E-state index in [4.69, 9.17) is 5.73 Å². The van der Waals surface area contributed by atoms with Crippen LogP contribution in [0.5, 0.6) is 0 Å². The van der Waals surface area contributed by atoms with E-state index in [0.717, 1.165) is 0 Å². The van der Waals surface area contributed by atoms with Gasteiger partial charge in [-0.25, -0.2) is 4.39 Å². The van der Waals surface area contributed by atoms with Crippen LogP contribution >= 0.6 is 0 Å². The number of benzene rings is 1. The Morgan fingerprint density at radius 3 is 2.76 bits per heavy atom. The Morgan fingerprint density at radius 2 is 2.12 bits per heavy atom. The number of carbonyl (C=O) groups excluding carboxylic acids is 1. The predicted molar refractivity (Wildman–Crippen MR) is 60.8 cm³/mol. The van der Waals surface area contributed by atoms with Gasteiger partial charge in [-0.05, 0) is 24.3 Å². The number of nitrogens with zero attached hydrogens (tertiary/aromatic N) is 2. The largest absolute Gasteiger partial charge is 0.399 e. The highest BCUT2D eigenvalue weighted by Gasteiger charge is 2.07. The number of aromatic nitrogens is 2. The maximum atomic E-state index is 13.0. The van der Waals surface area contributed by atoms with Crippen LogP contribution in [0.1, 0.15) is 10.4 Å². The van der Waals surface area contributed by atoms with Gasteiger partial charge < -0.3 is 11.1 Å². The number of rotatable bonds is 2. The number of carbonyl (C=O) groups is 1. The van der Waals surface area contributed by atoms with Crippen molar-refractivity contribution >= 4 is 17.3 Å². The number of nitrogens with one attached hydrogen (secondary N) is 1. The standard InChI is InChI=1S/C11H9FN4O/c12-8-3-9(13)5-10(4-8)16-11(17)7-1-2-14-15-6-7/h1-6H,13H2,(H,16,17). The van der Waals surface area contributed by atoms with Crippen molar-refractivity contribution in [2.75, 3.05) is 11.1 Å². The molecule has 6 heteroatoms. The normalized spacial score (nSPS) is 9.94. The molecule has 0 unspecified atom stereocenters. The number of hydrogen-bond acceptors (Lipinski definition) is 4. The maximum Gasteiger partial charge on any atom is 0.257 e. The van der Waals surface area contributed by atoms with Crippen LogP contribution in [0.2, 0.25) is 0 Å². The Hall–Kier alpha value is -2.50. The summed E-state index contributed by atoms with van der Waals surface area (Å²) < 4.78 is 13.0. The van der Waals surface area contributed by atoms with Gasteiger partial charge in [-0.2, -0.15) is 10.2 Å². The second kappa shape index (κ2) is 4.56. The van der Waals surface area contributed by atoms with Gasteiger partial charge in [0.2, 0.25) is 0 Å². The Kier molecular flexibility index (Phi) is 2.95. The van der Waals surface area contributed by atoms with E-state index in [9.17, 15) is 9.18 Å². The van der Waals surface area contributed by atoms with Crippen molar-refractivity contribution in [3.8, 4) is 0 Å². The quantitative estimate of drug-likeness (QED) is 0.768. The number of hydrogen-bond donors (Lipinski definition) is 2. The lowest BCUT2D eigenvalue weighted by molar-refractivity contribution is 0.102. The summed E-state index contributed by atoms with van der Waals surface area (Å²) in [4.78, 5) is 11.7. The zero-order valence-electron chi connectivity index (χ0n) is 8.72. The van der Waals surface area contributed by atoms with Crippen molar-refractivity contribution in [2.24, 2.45) is 0 Å². The lowest BCUT2D eigenvalue weighted by atomic mass is 10.2. The molecular weight excluding hydrogens is 223 g/mol. The molecule has 3 N–H and O–H groups in total. The minimum absolute atomic E-state index is 0.244. The summed E-state index contributed by atoms with van der Waals surface area (Å²) in [5.41, 5.74) is 6.34. The summed E-state index contributed by atoms with van der Waals surface area (Å²) >= 11 is 0. The zero-order valence-corrected chi connectivity index (χ0v) is 8.72. The van der Waals surface area contributed by atoms with Crippen molar-refractivity contribution < 1.29 is 9.18 Å². The van der Waals surface area contributed by atoms with Crippen LogP contribution < -0.4 is 11.1 Å². The summed E-state index contributed by atoms with van der Waals surface area (Å²) in [5, 5.41) is 9.64. The molecule has 5 nitrogen and oxygen atoms in total. The second-order valence-electron chi connectivity index (χ2n) is 3.36. The van der Waals surface area contributed by atoms with Gasteiger partial charge in [-0.1, -0.05) is 0 Å². The number of nitrogens with two attached hydrogens (primary N) is 1. The Morgan fingerprint density at radius 1 is 1.29 bits per heavy atom. The fourth-order valence-corrected chi connectivity index (χ4v) is 1.31. The zero-order chi connectivity index (χ0) is 12.3. The van der Waals surface area contributed by atoms with Crippen LogP contribution in [0, 0.1) is 5.82 Å². The van der Waals surface area contributed by atoms with Crippen LogP contribution in [0.4, 0.5) is 15.8 Å². The van der Waals surface area contributed by atoms with Crippen molar-refractivity contribution in [3.63, 3.8) is 0 Å². The lowest BCUT2D eigenvalue weighted by Crippen LogP contribution is -2.12. The van der Waals surface area contributed by atoms with Crippen LogP contribution in [0.25, 0.3) is 0 Å². The second-order valence-corrected chi connectivity index (χ2v) is 3.36. The number of halogens is 1. The van der Waals surface area contributed by atoms with Gasteiger partial charge in [0.1, 0.15) is 5.82 Å². The highest BCUT2D eigenvalue weighted by atomic mass is 19.1. The first kappa shape index (κ1) is 11.0. The predicted octanol–water partition coefficient (Wildman–Crippen LogP) is 1.45. The average Bonchev–Trinajstić information content (AvgIpc) is 2.28. The van der Waals surface area contributed by atoms with Crippen LogP contribution in [-0.4, -0.2) is 16.1 Å². The van der Waals surface area contributed by atoms with E-state index in [1.54, 1.807) is 0 Å². The molecule has 0 spiro atoms. The molecule has 17 heavy (non-hydrogen) atoms. The fraction of sp³-hybridized carbons (Fsp3) is 0. The molecule has 1 amide bonds. The summed E-state index contributed by atoms with van der Waals surface area (Å²) in [5.74, 6) is -0.905. The molecule has 1 heterocycles. The van der Waals surface area contributed by atoms with Gasteiger partial charge in [0.15, 0.2) is 0 Å². The third-order valence-electron chi connectivity index (χ3n) is 2.02. The topological polar surface area (TPSA) is 80.9 Å². The molecule has 0 bridgehead atoms. The van der Waals surface area contributed by atoms with Gasteiger partial charge in [-0.15, -0.1) is 0 Å². The van der Waals surface area contributed by atoms with Gasteiger partial charge in [-0.3, -0.25) is 4.79 Å². The molecule has 0 saturated heterocycles. The Bertz CT molecular complexity index is 524. The van der Waals surface area contributed by atoms with Crippen LogP contribution in [-0.2, 0) is 0 Å². The SMILES string of the molecule is Nc1cc(F)cc(NC(=O)c2ccnnc2)c1. The molecule has 0 fully saturated rings. The minimum atomic E-state index is -0.506. The molecule has 1 aromatic carbocycles. The Balaban J connectivity index is 2.19. The molecule has 0 radical (unpaired) electrons. The van der Waals surface area contributed by atoms with E-state index < -0.39 is 11.7 Å². The average molecular weight is 232 g/mol. The van der Waals surface area contributed by atoms with Gasteiger partial charge >= 0.3 is 0 Å². The van der Waals surface area contributed by atoms with Crippen LogP contribution in [0.15, 0.2) is 36.7 Å². The number of nitrogen functional groups attached to an aromatic ring is 1. The molecule has 0 aliphatic carbocycles. The van der Waals surface area contributed by atoms with E-state index in [-0.39, 0.29) is 5.69 Å². The molecule has 86 valence electrons. The summed E-state index contributed by atoms with van der Waals surface area (Å²) in [7, 11) is 0. The minimum Gasteiger partial charge on any atom is -0.399 e. The van der Waals surface area contributed by atoms with E-state index in [1.807, 2.05) is 0 Å². The van der Waals surface area contributed by atoms with Crippen molar-refractivity contribution in [1.82, 2.24) is 10.2 Å². The first-order valence-electron chi connectivity index (χ1n) is 4.79. The number of anilines is 2. The molecule has 0 aliphatic rings. The highest BCUT2D eigenvalue weighted by Crippen LogP contribution is 2.16. The summed E-state index contributed by atoms with van der Waals surface area (Å²) in [6.07, 6.45) is 2.72. The smallest absolute Gasteiger partial charge is 0.257 e. The third kappa shape index (κ3) is 2.75. The lowest BCUT2D eigenvalue weighted by Gasteiger charge is -2.05. The van der Waals surface area contributed by atoms with Gasteiger partial charge in [0.05, 0.1) is 18.0 Å². The molecule has 2 rings (SSSR count). The van der Waals surface area contributed by atoms with E-state index >= 15 is 0 Å². The van der Waals surface area contributed by atoms with Crippen molar-refractivity contribution in [3.05, 3.63) is 48.0 Å². The maximum absolute atomic E-state index is 13.0. The first-order chi connectivity index (χ1) is 8.15. The number of amides is 1. The monoisotopic (exact) mass is 232 g/mol. The summed E-state index contributed by atoms with van der Waals surface area (Å²) in [6, 6.07) is 5.33. The molecule has 0 atom stereocenters. The third-order valence-corrected chi connectivity index (χ3v) is 2.02. The molecule has 0 saturated carbocycles.